The van der Waals surface area contributed by atoms with Crippen LogP contribution in [0, 0.1) is 0 Å². The quantitative estimate of drug-likeness (QED) is 0.389. The third-order valence-corrected chi connectivity index (χ3v) is 5.58. The predicted octanol–water partition coefficient (Wildman–Crippen LogP) is 3.27. The molecule has 1 aliphatic rings. The first kappa shape index (κ1) is 20.9. The van der Waals surface area contributed by atoms with E-state index >= 15 is 0 Å². The van der Waals surface area contributed by atoms with Crippen LogP contribution >= 0.6 is 11.8 Å². The summed E-state index contributed by atoms with van der Waals surface area (Å²) in [5, 5.41) is 2.76. The number of nitrogens with zero attached hydrogens (tertiary/aromatic N) is 1. The smallest absolute Gasteiger partial charge is 0.340 e. The van der Waals surface area contributed by atoms with Gasteiger partial charge in [-0.3, -0.25) is 9.59 Å². The lowest BCUT2D eigenvalue weighted by Gasteiger charge is -2.18. The molecule has 2 aromatic carbocycles. The number of ether oxygens (including phenoxy) is 1. The van der Waals surface area contributed by atoms with E-state index in [1.54, 1.807) is 40.9 Å². The number of amides is 2. The molecular weight excluding hydrogens is 388 g/mol. The van der Waals surface area contributed by atoms with Gasteiger partial charge >= 0.3 is 5.97 Å². The van der Waals surface area contributed by atoms with Gasteiger partial charge in [0.2, 0.25) is 5.91 Å². The molecule has 152 valence electrons. The first-order valence-corrected chi connectivity index (χ1v) is 10.6. The minimum absolute atomic E-state index is 0.00337. The minimum Gasteiger partial charge on any atom is -0.452 e. The Balaban J connectivity index is 1.40. The fraction of sp³-hybridized carbons (Fsp3) is 0.318. The summed E-state index contributed by atoms with van der Waals surface area (Å²) in [6.45, 7) is 0.770. The predicted molar refractivity (Wildman–Crippen MR) is 113 cm³/mol. The molecule has 1 N–H and O–H groups in total. The van der Waals surface area contributed by atoms with Crippen LogP contribution in [0.3, 0.4) is 0 Å². The van der Waals surface area contributed by atoms with Crippen LogP contribution in [0.4, 0.5) is 5.69 Å². The number of nitrogens with one attached hydrogen (secondary N) is 1. The third-order valence-electron chi connectivity index (χ3n) is 4.48. The summed E-state index contributed by atoms with van der Waals surface area (Å²) in [7, 11) is 0. The lowest BCUT2D eigenvalue weighted by Crippen LogP contribution is -2.30. The molecule has 2 aromatic rings. The summed E-state index contributed by atoms with van der Waals surface area (Å²) in [6, 6.07) is 16.9. The number of esters is 1. The molecule has 3 rings (SSSR count). The van der Waals surface area contributed by atoms with Crippen LogP contribution < -0.4 is 10.2 Å². The van der Waals surface area contributed by atoms with Gasteiger partial charge in [0.15, 0.2) is 6.61 Å². The van der Waals surface area contributed by atoms with Gasteiger partial charge in [0.1, 0.15) is 0 Å². The zero-order chi connectivity index (χ0) is 20.5. The van der Waals surface area contributed by atoms with Crippen molar-refractivity contribution < 1.29 is 19.1 Å². The molecule has 2 amide bonds. The monoisotopic (exact) mass is 412 g/mol. The Kier molecular flexibility index (Phi) is 7.69. The average molecular weight is 413 g/mol. The van der Waals surface area contributed by atoms with Gasteiger partial charge in [-0.25, -0.2) is 4.79 Å². The van der Waals surface area contributed by atoms with Crippen molar-refractivity contribution in [1.82, 2.24) is 5.32 Å². The zero-order valence-corrected chi connectivity index (χ0v) is 17.0. The van der Waals surface area contributed by atoms with E-state index in [1.165, 1.54) is 4.90 Å². The molecule has 0 atom stereocenters. The van der Waals surface area contributed by atoms with Crippen LogP contribution in [0.1, 0.15) is 29.6 Å². The molecular formula is C22H24N2O4S. The fourth-order valence-electron chi connectivity index (χ4n) is 3.05. The van der Waals surface area contributed by atoms with E-state index in [0.29, 0.717) is 30.8 Å². The topological polar surface area (TPSA) is 75.7 Å². The number of thioether (sulfide) groups is 1. The number of anilines is 1. The van der Waals surface area contributed by atoms with Crippen LogP contribution in [0.5, 0.6) is 0 Å². The van der Waals surface area contributed by atoms with Crippen molar-refractivity contribution in [2.24, 2.45) is 0 Å². The first-order chi connectivity index (χ1) is 14.1. The molecule has 0 aromatic heterocycles. The van der Waals surface area contributed by atoms with Crippen molar-refractivity contribution in [2.45, 2.75) is 24.2 Å². The van der Waals surface area contributed by atoms with E-state index in [-0.39, 0.29) is 18.4 Å². The summed E-state index contributed by atoms with van der Waals surface area (Å²) >= 11 is 1.73. The largest absolute Gasteiger partial charge is 0.452 e. The Bertz CT molecular complexity index is 857. The highest BCUT2D eigenvalue weighted by atomic mass is 32.2. The van der Waals surface area contributed by atoms with Crippen LogP contribution in [-0.2, 0) is 14.3 Å². The Morgan fingerprint density at radius 3 is 2.59 bits per heavy atom. The Hall–Kier alpha value is -2.80. The molecule has 0 aliphatic carbocycles. The number of rotatable bonds is 9. The van der Waals surface area contributed by atoms with E-state index in [2.05, 4.69) is 17.4 Å². The first-order valence-electron chi connectivity index (χ1n) is 9.66. The molecule has 29 heavy (non-hydrogen) atoms. The molecule has 1 fully saturated rings. The molecule has 1 aliphatic heterocycles. The van der Waals surface area contributed by atoms with Crippen molar-refractivity contribution in [3.63, 3.8) is 0 Å². The number of benzene rings is 2. The maximum Gasteiger partial charge on any atom is 0.340 e. The van der Waals surface area contributed by atoms with E-state index in [9.17, 15) is 14.4 Å². The molecule has 0 radical (unpaired) electrons. The standard InChI is InChI=1S/C22H24N2O4S/c25-20(23-13-7-15-29-17-8-2-1-3-9-17)16-28-22(27)18-10-4-5-11-19(18)24-14-6-12-21(24)26/h1-5,8-11H,6-7,12-16H2,(H,23,25). The second-order valence-electron chi connectivity index (χ2n) is 6.61. The molecule has 0 saturated carbocycles. The molecule has 0 unspecified atom stereocenters. The average Bonchev–Trinajstić information content (AvgIpc) is 3.18. The van der Waals surface area contributed by atoms with Gasteiger partial charge in [0.25, 0.3) is 5.91 Å². The van der Waals surface area contributed by atoms with Crippen LogP contribution in [0.25, 0.3) is 0 Å². The molecule has 1 heterocycles. The maximum absolute atomic E-state index is 12.4. The van der Waals surface area contributed by atoms with Crippen LogP contribution in [0.15, 0.2) is 59.5 Å². The lowest BCUT2D eigenvalue weighted by atomic mass is 10.1. The van der Waals surface area contributed by atoms with Gasteiger partial charge in [0, 0.05) is 24.4 Å². The fourth-order valence-corrected chi connectivity index (χ4v) is 3.93. The highest BCUT2D eigenvalue weighted by molar-refractivity contribution is 7.99. The molecule has 1 saturated heterocycles. The number of para-hydroxylation sites is 1. The molecule has 0 bridgehead atoms. The number of carbonyl (C=O) groups is 3. The Morgan fingerprint density at radius 1 is 1.07 bits per heavy atom. The van der Waals surface area contributed by atoms with E-state index in [1.807, 2.05) is 18.2 Å². The van der Waals surface area contributed by atoms with E-state index in [0.717, 1.165) is 18.6 Å². The molecule has 0 spiro atoms. The van der Waals surface area contributed by atoms with Gasteiger partial charge in [-0.05, 0) is 42.9 Å². The summed E-state index contributed by atoms with van der Waals surface area (Å²) in [4.78, 5) is 39.1. The summed E-state index contributed by atoms with van der Waals surface area (Å²) in [5.41, 5.74) is 0.841. The number of carbonyl (C=O) groups excluding carboxylic acids is 3. The van der Waals surface area contributed by atoms with Gasteiger partial charge in [-0.2, -0.15) is 0 Å². The van der Waals surface area contributed by atoms with Crippen LogP contribution in [0.2, 0.25) is 0 Å². The normalized spacial score (nSPS) is 13.4. The zero-order valence-electron chi connectivity index (χ0n) is 16.1. The highest BCUT2D eigenvalue weighted by Crippen LogP contribution is 2.26. The summed E-state index contributed by atoms with van der Waals surface area (Å²) in [6.07, 6.45) is 2.07. The van der Waals surface area contributed by atoms with Crippen molar-refractivity contribution in [3.8, 4) is 0 Å². The second-order valence-corrected chi connectivity index (χ2v) is 7.78. The third kappa shape index (κ3) is 6.09. The molecule has 7 heteroatoms. The second kappa shape index (κ2) is 10.7. The van der Waals surface area contributed by atoms with Gasteiger partial charge in [-0.15, -0.1) is 11.8 Å². The molecule has 6 nitrogen and oxygen atoms in total. The summed E-state index contributed by atoms with van der Waals surface area (Å²) in [5.74, 6) is -0.0503. The van der Waals surface area contributed by atoms with E-state index < -0.39 is 5.97 Å². The van der Waals surface area contributed by atoms with E-state index in [4.69, 9.17) is 4.74 Å². The lowest BCUT2D eigenvalue weighted by molar-refractivity contribution is -0.124. The SMILES string of the molecule is O=C(COC(=O)c1ccccc1N1CCCC1=O)NCCCSc1ccccc1. The van der Waals surface area contributed by atoms with Crippen molar-refractivity contribution in [3.05, 3.63) is 60.2 Å². The summed E-state index contributed by atoms with van der Waals surface area (Å²) < 4.78 is 5.16. The highest BCUT2D eigenvalue weighted by Gasteiger charge is 2.26. The number of hydrogen-bond acceptors (Lipinski definition) is 5. The van der Waals surface area contributed by atoms with Gasteiger partial charge in [-0.1, -0.05) is 30.3 Å². The Labute approximate surface area is 174 Å². The number of hydrogen-bond donors (Lipinski definition) is 1. The maximum atomic E-state index is 12.4. The van der Waals surface area contributed by atoms with Crippen LogP contribution in [-0.4, -0.2) is 43.2 Å². The Morgan fingerprint density at radius 2 is 1.83 bits per heavy atom. The van der Waals surface area contributed by atoms with Gasteiger partial charge < -0.3 is 15.0 Å². The minimum atomic E-state index is -0.602. The van der Waals surface area contributed by atoms with Gasteiger partial charge in [0.05, 0.1) is 11.3 Å². The van der Waals surface area contributed by atoms with Crippen molar-refractivity contribution in [1.29, 1.82) is 0 Å². The van der Waals surface area contributed by atoms with Crippen molar-refractivity contribution >= 4 is 35.2 Å². The van der Waals surface area contributed by atoms with Crippen molar-refractivity contribution in [2.75, 3.05) is 30.3 Å².